The fourth-order valence-electron chi connectivity index (χ4n) is 2.85. The van der Waals surface area contributed by atoms with Crippen molar-refractivity contribution in [2.24, 2.45) is 0 Å². The predicted molar refractivity (Wildman–Crippen MR) is 79.2 cm³/mol. The topological polar surface area (TPSA) is 85.1 Å². The average molecular weight is 326 g/mol. The first-order valence-electron chi connectivity index (χ1n) is 7.57. The molecule has 1 fully saturated rings. The van der Waals surface area contributed by atoms with Gasteiger partial charge in [-0.3, -0.25) is 14.3 Å². The molecule has 0 radical (unpaired) electrons. The minimum Gasteiger partial charge on any atom is -0.405 e. The number of fused-ring (bicyclic) bond motifs is 1. The molecule has 0 saturated heterocycles. The zero-order valence-corrected chi connectivity index (χ0v) is 12.3. The molecule has 0 spiro atoms. The Labute approximate surface area is 128 Å². The van der Waals surface area contributed by atoms with E-state index in [1.54, 1.807) is 0 Å². The lowest BCUT2D eigenvalue weighted by Crippen LogP contribution is -2.41. The molecule has 0 bridgehead atoms. The van der Waals surface area contributed by atoms with Gasteiger partial charge in [-0.15, -0.1) is 0 Å². The van der Waals surface area contributed by atoms with Crippen LogP contribution in [0.25, 0.3) is 11.1 Å². The molecule has 0 aliphatic heterocycles. The van der Waals surface area contributed by atoms with E-state index < -0.39 is 23.3 Å². The summed E-state index contributed by atoms with van der Waals surface area (Å²) in [4.78, 5) is 38.7. The van der Waals surface area contributed by atoms with E-state index in [-0.39, 0.29) is 36.4 Å². The first kappa shape index (κ1) is 15.6. The lowest BCUT2D eigenvalue weighted by Gasteiger charge is -2.26. The molecule has 0 unspecified atom stereocenters. The maximum atomic E-state index is 12.6. The molecule has 1 N–H and O–H groups in total. The molecule has 23 heavy (non-hydrogen) atoms. The van der Waals surface area contributed by atoms with Gasteiger partial charge in [-0.05, 0) is 37.7 Å². The molecular formula is C15H16F2N2O4. The fourth-order valence-corrected chi connectivity index (χ4v) is 2.85. The van der Waals surface area contributed by atoms with Gasteiger partial charge in [-0.1, -0.05) is 0 Å². The molecule has 0 atom stereocenters. The number of rotatable bonds is 5. The Morgan fingerprint density at radius 1 is 1.30 bits per heavy atom. The molecule has 124 valence electrons. The Morgan fingerprint density at radius 2 is 2.04 bits per heavy atom. The molecule has 0 amide bonds. The van der Waals surface area contributed by atoms with Crippen LogP contribution in [-0.4, -0.2) is 16.0 Å². The fraction of sp³-hybridized carbons (Fsp3) is 0.533. The van der Waals surface area contributed by atoms with Crippen LogP contribution in [0.3, 0.4) is 0 Å². The largest absolute Gasteiger partial charge is 0.405 e. The van der Waals surface area contributed by atoms with Crippen molar-refractivity contribution < 1.29 is 13.2 Å². The maximum Gasteiger partial charge on any atom is 0.337 e. The third kappa shape index (κ3) is 2.97. The third-order valence-electron chi connectivity index (χ3n) is 4.22. The Kier molecular flexibility index (Phi) is 4.14. The zero-order chi connectivity index (χ0) is 16.6. The number of alkyl halides is 2. The van der Waals surface area contributed by atoms with Crippen molar-refractivity contribution in [1.29, 1.82) is 0 Å². The van der Waals surface area contributed by atoms with Gasteiger partial charge < -0.3 is 4.42 Å². The molecule has 3 rings (SSSR count). The molecule has 1 aliphatic carbocycles. The number of nitrogens with zero attached hydrogens (tertiary/aromatic N) is 1. The molecule has 1 aliphatic rings. The van der Waals surface area contributed by atoms with Crippen LogP contribution in [0, 0.1) is 0 Å². The van der Waals surface area contributed by atoms with Crippen LogP contribution in [0.2, 0.25) is 0 Å². The summed E-state index contributed by atoms with van der Waals surface area (Å²) < 4.78 is 30.6. The smallest absolute Gasteiger partial charge is 0.337 e. The highest BCUT2D eigenvalue weighted by Gasteiger charge is 2.25. The summed E-state index contributed by atoms with van der Waals surface area (Å²) in [5.74, 6) is 0. The van der Waals surface area contributed by atoms with Crippen molar-refractivity contribution >= 4 is 11.1 Å². The van der Waals surface area contributed by atoms with E-state index in [1.807, 2.05) is 0 Å². The standard InChI is InChI=1S/C15H16F2N2O4/c16-10(17)6-1-3-8-7-11(20)23-13-12(8)14(21)19(15(22)18-13)9-4-2-5-9/h7,9-10H,1-6H2,(H,18,22). The Bertz CT molecular complexity index is 893. The monoisotopic (exact) mass is 326 g/mol. The Balaban J connectivity index is 2.13. The Hall–Kier alpha value is -2.25. The minimum absolute atomic E-state index is 0.102. The second-order valence-corrected chi connectivity index (χ2v) is 5.77. The molecule has 2 aromatic rings. The third-order valence-corrected chi connectivity index (χ3v) is 4.22. The second-order valence-electron chi connectivity index (χ2n) is 5.77. The number of aromatic amines is 1. The van der Waals surface area contributed by atoms with Gasteiger partial charge >= 0.3 is 11.3 Å². The van der Waals surface area contributed by atoms with Gasteiger partial charge in [0.15, 0.2) is 0 Å². The van der Waals surface area contributed by atoms with Crippen LogP contribution in [-0.2, 0) is 6.42 Å². The number of aromatic nitrogens is 2. The summed E-state index contributed by atoms with van der Waals surface area (Å²) in [5, 5.41) is 0.102. The van der Waals surface area contributed by atoms with Crippen LogP contribution in [0.5, 0.6) is 0 Å². The summed E-state index contributed by atoms with van der Waals surface area (Å²) in [7, 11) is 0. The van der Waals surface area contributed by atoms with E-state index in [1.165, 1.54) is 0 Å². The summed E-state index contributed by atoms with van der Waals surface area (Å²) in [6, 6.07) is 0.982. The van der Waals surface area contributed by atoms with E-state index in [0.29, 0.717) is 5.56 Å². The van der Waals surface area contributed by atoms with Crippen molar-refractivity contribution in [2.45, 2.75) is 51.0 Å². The quantitative estimate of drug-likeness (QED) is 0.910. The summed E-state index contributed by atoms with van der Waals surface area (Å²) in [6.07, 6.45) is -0.0382. The summed E-state index contributed by atoms with van der Waals surface area (Å²) in [6.45, 7) is 0. The Morgan fingerprint density at radius 3 is 2.65 bits per heavy atom. The number of nitrogens with one attached hydrogen (secondary N) is 1. The van der Waals surface area contributed by atoms with E-state index in [0.717, 1.165) is 29.9 Å². The van der Waals surface area contributed by atoms with Crippen molar-refractivity contribution in [3.05, 3.63) is 42.9 Å². The summed E-state index contributed by atoms with van der Waals surface area (Å²) >= 11 is 0. The van der Waals surface area contributed by atoms with Gasteiger partial charge in [0.05, 0.1) is 0 Å². The van der Waals surface area contributed by atoms with Crippen molar-refractivity contribution in [2.75, 3.05) is 0 Å². The van der Waals surface area contributed by atoms with E-state index in [2.05, 4.69) is 4.98 Å². The normalized spacial score (nSPS) is 15.3. The molecule has 0 aromatic carbocycles. The van der Waals surface area contributed by atoms with E-state index >= 15 is 0 Å². The highest BCUT2D eigenvalue weighted by molar-refractivity contribution is 5.75. The maximum absolute atomic E-state index is 12.6. The molecule has 6 nitrogen and oxygen atoms in total. The van der Waals surface area contributed by atoms with Gasteiger partial charge in [0.25, 0.3) is 5.56 Å². The molecule has 2 heterocycles. The predicted octanol–water partition coefficient (Wildman–Crippen LogP) is 1.96. The van der Waals surface area contributed by atoms with Crippen molar-refractivity contribution in [1.82, 2.24) is 9.55 Å². The van der Waals surface area contributed by atoms with Crippen LogP contribution in [0.15, 0.2) is 24.9 Å². The van der Waals surface area contributed by atoms with E-state index in [4.69, 9.17) is 4.42 Å². The molecule has 1 saturated carbocycles. The van der Waals surface area contributed by atoms with Gasteiger partial charge in [0, 0.05) is 18.5 Å². The van der Waals surface area contributed by atoms with Gasteiger partial charge in [-0.2, -0.15) is 0 Å². The summed E-state index contributed by atoms with van der Waals surface area (Å²) in [5.41, 5.74) is -1.70. The number of hydrogen-bond acceptors (Lipinski definition) is 4. The van der Waals surface area contributed by atoms with Crippen LogP contribution < -0.4 is 16.9 Å². The highest BCUT2D eigenvalue weighted by Crippen LogP contribution is 2.29. The number of aryl methyl sites for hydroxylation is 1. The van der Waals surface area contributed by atoms with Crippen LogP contribution >= 0.6 is 0 Å². The van der Waals surface area contributed by atoms with Crippen molar-refractivity contribution in [3.8, 4) is 0 Å². The second kappa shape index (κ2) is 6.10. The molecule has 2 aromatic heterocycles. The average Bonchev–Trinajstić information content (AvgIpc) is 2.39. The number of halogens is 2. The van der Waals surface area contributed by atoms with Gasteiger partial charge in [0.2, 0.25) is 12.1 Å². The zero-order valence-electron chi connectivity index (χ0n) is 12.3. The highest BCUT2D eigenvalue weighted by atomic mass is 19.3. The lowest BCUT2D eigenvalue weighted by atomic mass is 9.93. The molecule has 8 heteroatoms. The van der Waals surface area contributed by atoms with Gasteiger partial charge in [0.1, 0.15) is 5.39 Å². The minimum atomic E-state index is -2.44. The number of hydrogen-bond donors (Lipinski definition) is 1. The lowest BCUT2D eigenvalue weighted by molar-refractivity contribution is 0.135. The number of H-pyrrole nitrogens is 1. The van der Waals surface area contributed by atoms with Crippen LogP contribution in [0.1, 0.15) is 43.7 Å². The first-order chi connectivity index (χ1) is 11.0. The van der Waals surface area contributed by atoms with Crippen molar-refractivity contribution in [3.63, 3.8) is 0 Å². The molecular weight excluding hydrogens is 310 g/mol. The SMILES string of the molecule is O=c1cc(CCCC(F)F)c2c(=O)n(C3CCC3)c(=O)[nH]c2o1. The van der Waals surface area contributed by atoms with Crippen LogP contribution in [0.4, 0.5) is 8.78 Å². The first-order valence-corrected chi connectivity index (χ1v) is 7.57. The van der Waals surface area contributed by atoms with Gasteiger partial charge in [-0.25, -0.2) is 18.4 Å². The van der Waals surface area contributed by atoms with E-state index in [9.17, 15) is 23.2 Å².